The number of aliphatic carboxylic acids is 1. The van der Waals surface area contributed by atoms with Gasteiger partial charge in [-0.15, -0.1) is 0 Å². The summed E-state index contributed by atoms with van der Waals surface area (Å²) >= 11 is 0. The van der Waals surface area contributed by atoms with Crippen molar-refractivity contribution in [2.75, 3.05) is 40.0 Å². The van der Waals surface area contributed by atoms with E-state index in [0.29, 0.717) is 6.61 Å². The average molecular weight is 274 g/mol. The smallest absolute Gasteiger partial charge is 0.331 e. The lowest BCUT2D eigenvalue weighted by Crippen LogP contribution is -2.57. The fourth-order valence-corrected chi connectivity index (χ4v) is 1.82. The molecular formula is C11H18N2O6. The predicted octanol–water partition coefficient (Wildman–Crippen LogP) is -0.613. The van der Waals surface area contributed by atoms with Gasteiger partial charge >= 0.3 is 18.0 Å². The standard InChI is InChI=1S/C11H18N2O6/c1-3-12(6-9(14)15)11(17)13-4-5-19-7-8(13)10(16)18-2/h8H,3-7H2,1-2H3,(H,14,15). The van der Waals surface area contributed by atoms with Gasteiger partial charge in [-0.1, -0.05) is 0 Å². The van der Waals surface area contributed by atoms with Gasteiger partial charge in [0, 0.05) is 13.1 Å². The van der Waals surface area contributed by atoms with E-state index >= 15 is 0 Å². The topological polar surface area (TPSA) is 96.4 Å². The summed E-state index contributed by atoms with van der Waals surface area (Å²) in [6, 6.07) is -1.32. The van der Waals surface area contributed by atoms with E-state index in [4.69, 9.17) is 9.84 Å². The molecule has 1 fully saturated rings. The Kier molecular flexibility index (Phi) is 5.56. The van der Waals surface area contributed by atoms with E-state index < -0.39 is 30.6 Å². The van der Waals surface area contributed by atoms with E-state index in [0.717, 1.165) is 4.90 Å². The second kappa shape index (κ2) is 6.93. The van der Waals surface area contributed by atoms with Gasteiger partial charge in [-0.2, -0.15) is 0 Å². The number of carboxylic acid groups (broad SMARTS) is 1. The van der Waals surface area contributed by atoms with Crippen LogP contribution in [-0.2, 0) is 19.1 Å². The van der Waals surface area contributed by atoms with E-state index in [1.54, 1.807) is 6.92 Å². The zero-order valence-electron chi connectivity index (χ0n) is 11.0. The first kappa shape index (κ1) is 15.2. The van der Waals surface area contributed by atoms with Crippen molar-refractivity contribution in [3.05, 3.63) is 0 Å². The molecule has 0 aromatic heterocycles. The van der Waals surface area contributed by atoms with Crippen LogP contribution in [0, 0.1) is 0 Å². The summed E-state index contributed by atoms with van der Waals surface area (Å²) in [4.78, 5) is 37.0. The molecule has 0 radical (unpaired) electrons. The van der Waals surface area contributed by atoms with Gasteiger partial charge in [0.15, 0.2) is 6.04 Å². The molecule has 1 saturated heterocycles. The molecule has 108 valence electrons. The number of morpholine rings is 1. The minimum absolute atomic E-state index is 0.0586. The summed E-state index contributed by atoms with van der Waals surface area (Å²) in [6.45, 7) is 2.12. The Bertz CT molecular complexity index is 359. The van der Waals surface area contributed by atoms with Crippen molar-refractivity contribution in [1.82, 2.24) is 9.80 Å². The van der Waals surface area contributed by atoms with Crippen LogP contribution in [-0.4, -0.2) is 78.9 Å². The van der Waals surface area contributed by atoms with Gasteiger partial charge in [0.1, 0.15) is 6.54 Å². The molecule has 0 aliphatic carbocycles. The third-order valence-corrected chi connectivity index (χ3v) is 2.83. The fraction of sp³-hybridized carbons (Fsp3) is 0.727. The lowest BCUT2D eigenvalue weighted by molar-refractivity contribution is -0.151. The third-order valence-electron chi connectivity index (χ3n) is 2.83. The minimum Gasteiger partial charge on any atom is -0.480 e. The summed E-state index contributed by atoms with van der Waals surface area (Å²) < 4.78 is 9.77. The van der Waals surface area contributed by atoms with E-state index in [1.807, 2.05) is 0 Å². The number of urea groups is 1. The average Bonchev–Trinajstić information content (AvgIpc) is 2.42. The second-order valence-electron chi connectivity index (χ2n) is 4.00. The molecule has 1 aliphatic rings. The number of hydrogen-bond acceptors (Lipinski definition) is 5. The lowest BCUT2D eigenvalue weighted by Gasteiger charge is -2.36. The van der Waals surface area contributed by atoms with Crippen molar-refractivity contribution in [1.29, 1.82) is 0 Å². The molecule has 1 aliphatic heterocycles. The summed E-state index contributed by atoms with van der Waals surface area (Å²) in [5.41, 5.74) is 0. The molecule has 19 heavy (non-hydrogen) atoms. The Balaban J connectivity index is 2.80. The van der Waals surface area contributed by atoms with Crippen LogP contribution in [0.3, 0.4) is 0 Å². The van der Waals surface area contributed by atoms with Crippen LogP contribution in [0.1, 0.15) is 6.92 Å². The monoisotopic (exact) mass is 274 g/mol. The maximum Gasteiger partial charge on any atom is 0.331 e. The summed E-state index contributed by atoms with van der Waals surface area (Å²) in [7, 11) is 1.23. The molecule has 8 heteroatoms. The Labute approximate surface area is 110 Å². The highest BCUT2D eigenvalue weighted by molar-refractivity contribution is 5.85. The van der Waals surface area contributed by atoms with Crippen molar-refractivity contribution >= 4 is 18.0 Å². The zero-order chi connectivity index (χ0) is 14.4. The highest BCUT2D eigenvalue weighted by atomic mass is 16.5. The zero-order valence-corrected chi connectivity index (χ0v) is 11.0. The number of rotatable bonds is 4. The molecule has 0 bridgehead atoms. The number of carbonyl (C=O) groups excluding carboxylic acids is 2. The van der Waals surface area contributed by atoms with Crippen LogP contribution in [0.25, 0.3) is 0 Å². The van der Waals surface area contributed by atoms with E-state index in [-0.39, 0.29) is 19.7 Å². The minimum atomic E-state index is -1.10. The number of carbonyl (C=O) groups is 3. The van der Waals surface area contributed by atoms with Crippen molar-refractivity contribution in [3.8, 4) is 0 Å². The van der Waals surface area contributed by atoms with Crippen LogP contribution in [0.4, 0.5) is 4.79 Å². The van der Waals surface area contributed by atoms with Crippen LogP contribution in [0.2, 0.25) is 0 Å². The van der Waals surface area contributed by atoms with Gasteiger partial charge in [-0.05, 0) is 6.92 Å². The van der Waals surface area contributed by atoms with Gasteiger partial charge in [0.2, 0.25) is 0 Å². The number of esters is 1. The molecule has 1 heterocycles. The van der Waals surface area contributed by atoms with Gasteiger partial charge in [-0.25, -0.2) is 9.59 Å². The van der Waals surface area contributed by atoms with Crippen LogP contribution >= 0.6 is 0 Å². The molecule has 1 unspecified atom stereocenters. The number of nitrogens with zero attached hydrogens (tertiary/aromatic N) is 2. The SMILES string of the molecule is CCN(CC(=O)O)C(=O)N1CCOCC1C(=O)OC. The molecule has 0 saturated carbocycles. The summed E-state index contributed by atoms with van der Waals surface area (Å²) in [5, 5.41) is 8.75. The second-order valence-corrected chi connectivity index (χ2v) is 4.00. The fourth-order valence-electron chi connectivity index (χ4n) is 1.82. The van der Waals surface area contributed by atoms with E-state index in [2.05, 4.69) is 4.74 Å². The van der Waals surface area contributed by atoms with Gasteiger partial charge in [-0.3, -0.25) is 4.79 Å². The third kappa shape index (κ3) is 3.82. The number of methoxy groups -OCH3 is 1. The Morgan fingerprint density at radius 2 is 2.16 bits per heavy atom. The number of likely N-dealkylation sites (N-methyl/N-ethyl adjacent to an activating group) is 1. The summed E-state index contributed by atoms with van der Waals surface area (Å²) in [5.74, 6) is -1.67. The first-order chi connectivity index (χ1) is 9.01. The van der Waals surface area contributed by atoms with E-state index in [9.17, 15) is 14.4 Å². The molecule has 0 aromatic rings. The molecule has 1 rings (SSSR count). The molecule has 8 nitrogen and oxygen atoms in total. The highest BCUT2D eigenvalue weighted by Gasteiger charge is 2.35. The maximum absolute atomic E-state index is 12.2. The number of amides is 2. The Morgan fingerprint density at radius 1 is 1.47 bits per heavy atom. The summed E-state index contributed by atoms with van der Waals surface area (Å²) in [6.07, 6.45) is 0. The normalized spacial score (nSPS) is 18.8. The van der Waals surface area contributed by atoms with Crippen molar-refractivity contribution in [3.63, 3.8) is 0 Å². The highest BCUT2D eigenvalue weighted by Crippen LogP contribution is 2.11. The van der Waals surface area contributed by atoms with E-state index in [1.165, 1.54) is 12.0 Å². The molecule has 1 atom stereocenters. The van der Waals surface area contributed by atoms with Crippen LogP contribution in [0.15, 0.2) is 0 Å². The van der Waals surface area contributed by atoms with Crippen molar-refractivity contribution in [2.45, 2.75) is 13.0 Å². The largest absolute Gasteiger partial charge is 0.480 e. The first-order valence-electron chi connectivity index (χ1n) is 5.94. The Hall–Kier alpha value is -1.83. The first-order valence-corrected chi connectivity index (χ1v) is 5.94. The van der Waals surface area contributed by atoms with Gasteiger partial charge in [0.25, 0.3) is 0 Å². The van der Waals surface area contributed by atoms with Crippen molar-refractivity contribution < 1.29 is 29.0 Å². The molecule has 1 N–H and O–H groups in total. The molecule has 2 amide bonds. The van der Waals surface area contributed by atoms with Gasteiger partial charge in [0.05, 0.1) is 20.3 Å². The maximum atomic E-state index is 12.2. The molecule has 0 spiro atoms. The number of hydrogen-bond donors (Lipinski definition) is 1. The van der Waals surface area contributed by atoms with Crippen molar-refractivity contribution in [2.24, 2.45) is 0 Å². The lowest BCUT2D eigenvalue weighted by atomic mass is 10.2. The molecule has 0 aromatic carbocycles. The quantitative estimate of drug-likeness (QED) is 0.687. The van der Waals surface area contributed by atoms with Gasteiger partial charge < -0.3 is 24.4 Å². The van der Waals surface area contributed by atoms with Crippen LogP contribution in [0.5, 0.6) is 0 Å². The number of carboxylic acids is 1. The molecular weight excluding hydrogens is 256 g/mol. The number of ether oxygens (including phenoxy) is 2. The van der Waals surface area contributed by atoms with Crippen LogP contribution < -0.4 is 0 Å². The predicted molar refractivity (Wildman–Crippen MR) is 63.6 cm³/mol. The Morgan fingerprint density at radius 3 is 2.68 bits per heavy atom.